The summed E-state index contributed by atoms with van der Waals surface area (Å²) in [5.74, 6) is 0.135. The third kappa shape index (κ3) is 3.57. The van der Waals surface area contributed by atoms with Gasteiger partial charge < -0.3 is 10.6 Å². The lowest BCUT2D eigenvalue weighted by atomic mass is 10.2. The fourth-order valence-electron chi connectivity index (χ4n) is 2.65. The molecule has 2 aromatic carbocycles. The number of nitro groups is 1. The summed E-state index contributed by atoms with van der Waals surface area (Å²) < 4.78 is 0.985. The van der Waals surface area contributed by atoms with E-state index in [2.05, 4.69) is 25.6 Å². The molecule has 0 aliphatic heterocycles. The molecule has 2 aromatic heterocycles. The zero-order chi connectivity index (χ0) is 19.7. The summed E-state index contributed by atoms with van der Waals surface area (Å²) in [5, 5.41) is 18.7. The standard InChI is InChI=1S/C18H13ClN6O2S/c1-10-3-2-4-13-14(10)23-18(28-13)24-17-15(25(26)27)16(20-9-21-17)22-12-7-5-11(19)6-8-12/h2-9H,1H3,(H2,20,21,22,23,24). The van der Waals surface area contributed by atoms with Crippen molar-refractivity contribution in [2.75, 3.05) is 10.6 Å². The van der Waals surface area contributed by atoms with Gasteiger partial charge in [-0.2, -0.15) is 0 Å². The largest absolute Gasteiger partial charge is 0.353 e. The first-order valence-electron chi connectivity index (χ1n) is 8.16. The van der Waals surface area contributed by atoms with Gasteiger partial charge in [-0.1, -0.05) is 35.1 Å². The highest BCUT2D eigenvalue weighted by atomic mass is 35.5. The molecule has 8 nitrogen and oxygen atoms in total. The number of nitrogens with zero attached hydrogens (tertiary/aromatic N) is 4. The molecule has 0 fully saturated rings. The van der Waals surface area contributed by atoms with Crippen LogP contribution in [0, 0.1) is 17.0 Å². The Hall–Kier alpha value is -3.30. The van der Waals surface area contributed by atoms with Gasteiger partial charge in [0.1, 0.15) is 6.33 Å². The molecule has 140 valence electrons. The summed E-state index contributed by atoms with van der Waals surface area (Å²) in [4.78, 5) is 23.8. The molecule has 0 bridgehead atoms. The zero-order valence-electron chi connectivity index (χ0n) is 14.5. The van der Waals surface area contributed by atoms with Crippen LogP contribution in [0.5, 0.6) is 0 Å². The highest BCUT2D eigenvalue weighted by Gasteiger charge is 2.24. The highest BCUT2D eigenvalue weighted by molar-refractivity contribution is 7.22. The molecule has 0 aliphatic rings. The first kappa shape index (κ1) is 18.1. The van der Waals surface area contributed by atoms with Gasteiger partial charge in [-0.25, -0.2) is 15.0 Å². The van der Waals surface area contributed by atoms with Crippen molar-refractivity contribution in [1.82, 2.24) is 15.0 Å². The Morgan fingerprint density at radius 1 is 1.07 bits per heavy atom. The van der Waals surface area contributed by atoms with Gasteiger partial charge in [-0.15, -0.1) is 0 Å². The quantitative estimate of drug-likeness (QED) is 0.332. The predicted molar refractivity (Wildman–Crippen MR) is 111 cm³/mol. The van der Waals surface area contributed by atoms with Crippen molar-refractivity contribution in [1.29, 1.82) is 0 Å². The van der Waals surface area contributed by atoms with Crippen molar-refractivity contribution in [3.05, 3.63) is 69.5 Å². The molecule has 0 radical (unpaired) electrons. The van der Waals surface area contributed by atoms with Gasteiger partial charge in [0.2, 0.25) is 11.6 Å². The Bertz CT molecular complexity index is 1180. The van der Waals surface area contributed by atoms with Gasteiger partial charge in [0.25, 0.3) is 0 Å². The van der Waals surface area contributed by atoms with E-state index in [1.54, 1.807) is 24.3 Å². The monoisotopic (exact) mass is 412 g/mol. The van der Waals surface area contributed by atoms with Crippen LogP contribution in [0.25, 0.3) is 10.2 Å². The number of hydrogen-bond acceptors (Lipinski definition) is 8. The Kier molecular flexibility index (Phi) is 4.76. The SMILES string of the molecule is Cc1cccc2sc(Nc3ncnc(Nc4ccc(Cl)cc4)c3[N+](=O)[O-])nc12. The van der Waals surface area contributed by atoms with E-state index in [4.69, 9.17) is 11.6 Å². The second-order valence-corrected chi connectivity index (χ2v) is 7.34. The van der Waals surface area contributed by atoms with Gasteiger partial charge in [-0.05, 0) is 42.8 Å². The van der Waals surface area contributed by atoms with Gasteiger partial charge in [0.15, 0.2) is 5.13 Å². The normalized spacial score (nSPS) is 10.8. The van der Waals surface area contributed by atoms with Crippen LogP contribution in [0.15, 0.2) is 48.8 Å². The molecule has 0 saturated carbocycles. The van der Waals surface area contributed by atoms with E-state index in [0.29, 0.717) is 15.8 Å². The van der Waals surface area contributed by atoms with E-state index in [0.717, 1.165) is 15.8 Å². The molecule has 0 unspecified atom stereocenters. The van der Waals surface area contributed by atoms with E-state index >= 15 is 0 Å². The third-order valence-corrected chi connectivity index (χ3v) is 5.15. The molecule has 0 aliphatic carbocycles. The number of benzene rings is 2. The number of aryl methyl sites for hydroxylation is 1. The van der Waals surface area contributed by atoms with Crippen LogP contribution in [0.4, 0.5) is 28.1 Å². The lowest BCUT2D eigenvalue weighted by Crippen LogP contribution is -2.05. The fourth-order valence-corrected chi connectivity index (χ4v) is 3.71. The van der Waals surface area contributed by atoms with Crippen LogP contribution in [0.2, 0.25) is 5.02 Å². The molecule has 4 aromatic rings. The molecule has 2 N–H and O–H groups in total. The average molecular weight is 413 g/mol. The molecule has 2 heterocycles. The number of nitrogens with one attached hydrogen (secondary N) is 2. The van der Waals surface area contributed by atoms with Crippen LogP contribution in [-0.4, -0.2) is 19.9 Å². The van der Waals surface area contributed by atoms with Gasteiger partial charge in [-0.3, -0.25) is 10.1 Å². The van der Waals surface area contributed by atoms with E-state index in [-0.39, 0.29) is 17.3 Å². The Morgan fingerprint density at radius 2 is 1.79 bits per heavy atom. The van der Waals surface area contributed by atoms with Crippen LogP contribution >= 0.6 is 22.9 Å². The zero-order valence-corrected chi connectivity index (χ0v) is 16.1. The van der Waals surface area contributed by atoms with E-state index in [1.807, 2.05) is 25.1 Å². The first-order chi connectivity index (χ1) is 13.5. The van der Waals surface area contributed by atoms with Crippen molar-refractivity contribution in [2.24, 2.45) is 0 Å². The number of thiazole rings is 1. The Balaban J connectivity index is 1.71. The van der Waals surface area contributed by atoms with E-state index in [1.165, 1.54) is 17.7 Å². The number of fused-ring (bicyclic) bond motifs is 1. The summed E-state index contributed by atoms with van der Waals surface area (Å²) in [6, 6.07) is 12.6. The van der Waals surface area contributed by atoms with Crippen molar-refractivity contribution in [3.8, 4) is 0 Å². The fraction of sp³-hybridized carbons (Fsp3) is 0.0556. The van der Waals surface area contributed by atoms with E-state index in [9.17, 15) is 10.1 Å². The summed E-state index contributed by atoms with van der Waals surface area (Å²) >= 11 is 7.28. The minimum atomic E-state index is -0.529. The van der Waals surface area contributed by atoms with Crippen LogP contribution < -0.4 is 10.6 Å². The van der Waals surface area contributed by atoms with Crippen LogP contribution in [0.1, 0.15) is 5.56 Å². The van der Waals surface area contributed by atoms with Crippen LogP contribution in [0.3, 0.4) is 0 Å². The Morgan fingerprint density at radius 3 is 2.46 bits per heavy atom. The average Bonchev–Trinajstić information content (AvgIpc) is 3.07. The molecule has 0 atom stereocenters. The topological polar surface area (TPSA) is 106 Å². The maximum absolute atomic E-state index is 11.7. The van der Waals surface area contributed by atoms with Crippen LogP contribution in [-0.2, 0) is 0 Å². The molecule has 28 heavy (non-hydrogen) atoms. The van der Waals surface area contributed by atoms with Crippen molar-refractivity contribution in [2.45, 2.75) is 6.92 Å². The number of anilines is 4. The van der Waals surface area contributed by atoms with Crippen molar-refractivity contribution < 1.29 is 4.92 Å². The Labute approximate surface area is 168 Å². The second kappa shape index (κ2) is 7.37. The summed E-state index contributed by atoms with van der Waals surface area (Å²) in [6.07, 6.45) is 1.26. The molecule has 0 saturated heterocycles. The van der Waals surface area contributed by atoms with Gasteiger partial charge in [0.05, 0.1) is 15.1 Å². The highest BCUT2D eigenvalue weighted by Crippen LogP contribution is 2.35. The number of hydrogen-bond donors (Lipinski definition) is 2. The molecule has 0 amide bonds. The third-order valence-electron chi connectivity index (χ3n) is 3.96. The summed E-state index contributed by atoms with van der Waals surface area (Å²) in [6.45, 7) is 1.97. The summed E-state index contributed by atoms with van der Waals surface area (Å²) in [7, 11) is 0. The number of para-hydroxylation sites is 1. The second-order valence-electron chi connectivity index (χ2n) is 5.87. The molecular weight excluding hydrogens is 400 g/mol. The number of halogens is 1. The first-order valence-corrected chi connectivity index (χ1v) is 9.36. The lowest BCUT2D eigenvalue weighted by molar-refractivity contribution is -0.383. The predicted octanol–water partition coefficient (Wildman–Crippen LogP) is 5.44. The maximum Gasteiger partial charge on any atom is 0.353 e. The lowest BCUT2D eigenvalue weighted by Gasteiger charge is -2.09. The maximum atomic E-state index is 11.7. The van der Waals surface area contributed by atoms with E-state index < -0.39 is 4.92 Å². The molecule has 0 spiro atoms. The summed E-state index contributed by atoms with van der Waals surface area (Å²) in [5.41, 5.74) is 2.23. The minimum Gasteiger partial charge on any atom is -0.334 e. The van der Waals surface area contributed by atoms with Crippen molar-refractivity contribution >= 4 is 61.3 Å². The van der Waals surface area contributed by atoms with Gasteiger partial charge in [0, 0.05) is 10.7 Å². The number of aromatic nitrogens is 3. The minimum absolute atomic E-state index is 0.0631. The van der Waals surface area contributed by atoms with Gasteiger partial charge >= 0.3 is 5.69 Å². The molecule has 4 rings (SSSR count). The number of rotatable bonds is 5. The smallest absolute Gasteiger partial charge is 0.334 e. The molecular formula is C18H13ClN6O2S. The molecule has 10 heteroatoms. The van der Waals surface area contributed by atoms with Crippen molar-refractivity contribution in [3.63, 3.8) is 0 Å².